The second kappa shape index (κ2) is 5.14. The van der Waals surface area contributed by atoms with Gasteiger partial charge in [0.2, 0.25) is 0 Å². The third kappa shape index (κ3) is 3.22. The van der Waals surface area contributed by atoms with E-state index in [0.717, 1.165) is 13.0 Å². The highest BCUT2D eigenvalue weighted by atomic mass is 16.6. The van der Waals surface area contributed by atoms with Crippen LogP contribution in [0.3, 0.4) is 0 Å². The molecular formula is C9H16O3. The Labute approximate surface area is 73.0 Å². The average molecular weight is 172 g/mol. The lowest BCUT2D eigenvalue weighted by molar-refractivity contribution is -0.137. The van der Waals surface area contributed by atoms with E-state index < -0.39 is 0 Å². The average Bonchev–Trinajstić information content (AvgIpc) is 2.45. The van der Waals surface area contributed by atoms with Crippen LogP contribution in [0.4, 0.5) is 0 Å². The standard InChI is InChI=1S/C9H16O3/c1-2-3-4-5-11-8-6-9(10)12-7-8/h8H,2-7H2,1H3/t8-/m0/s1. The number of carbonyl (C=O) groups is 1. The van der Waals surface area contributed by atoms with Crippen molar-refractivity contribution in [2.45, 2.75) is 38.7 Å². The molecule has 0 bridgehead atoms. The van der Waals surface area contributed by atoms with Gasteiger partial charge in [-0.25, -0.2) is 0 Å². The molecule has 0 unspecified atom stereocenters. The fraction of sp³-hybridized carbons (Fsp3) is 0.889. The fourth-order valence-corrected chi connectivity index (χ4v) is 1.20. The molecule has 3 heteroatoms. The first kappa shape index (κ1) is 9.52. The van der Waals surface area contributed by atoms with E-state index in [9.17, 15) is 4.79 Å². The molecule has 1 rings (SSSR count). The Morgan fingerprint density at radius 1 is 1.58 bits per heavy atom. The zero-order valence-electron chi connectivity index (χ0n) is 7.54. The third-order valence-electron chi connectivity index (χ3n) is 1.93. The lowest BCUT2D eigenvalue weighted by Crippen LogP contribution is -2.13. The predicted molar refractivity (Wildman–Crippen MR) is 44.8 cm³/mol. The number of carbonyl (C=O) groups excluding carboxylic acids is 1. The molecule has 1 atom stereocenters. The van der Waals surface area contributed by atoms with Crippen molar-refractivity contribution in [3.05, 3.63) is 0 Å². The van der Waals surface area contributed by atoms with Crippen molar-refractivity contribution < 1.29 is 14.3 Å². The normalized spacial score (nSPS) is 22.8. The quantitative estimate of drug-likeness (QED) is 0.466. The van der Waals surface area contributed by atoms with Gasteiger partial charge in [-0.3, -0.25) is 4.79 Å². The van der Waals surface area contributed by atoms with Gasteiger partial charge in [-0.1, -0.05) is 19.8 Å². The summed E-state index contributed by atoms with van der Waals surface area (Å²) in [4.78, 5) is 10.6. The maximum atomic E-state index is 10.6. The van der Waals surface area contributed by atoms with E-state index in [2.05, 4.69) is 6.92 Å². The van der Waals surface area contributed by atoms with E-state index in [4.69, 9.17) is 9.47 Å². The lowest BCUT2D eigenvalue weighted by Gasteiger charge is -2.07. The molecule has 0 radical (unpaired) electrons. The monoisotopic (exact) mass is 172 g/mol. The number of rotatable bonds is 5. The molecule has 1 heterocycles. The van der Waals surface area contributed by atoms with Crippen LogP contribution in [0.15, 0.2) is 0 Å². The van der Waals surface area contributed by atoms with Crippen LogP contribution in [-0.2, 0) is 14.3 Å². The summed E-state index contributed by atoms with van der Waals surface area (Å²) in [6.07, 6.45) is 3.94. The smallest absolute Gasteiger partial charge is 0.308 e. The van der Waals surface area contributed by atoms with Crippen LogP contribution in [0, 0.1) is 0 Å². The molecule has 3 nitrogen and oxygen atoms in total. The molecule has 0 N–H and O–H groups in total. The Morgan fingerprint density at radius 2 is 2.42 bits per heavy atom. The van der Waals surface area contributed by atoms with Gasteiger partial charge in [0.1, 0.15) is 12.7 Å². The van der Waals surface area contributed by atoms with Crippen LogP contribution in [0.1, 0.15) is 32.6 Å². The highest BCUT2D eigenvalue weighted by Gasteiger charge is 2.23. The SMILES string of the molecule is CCCCCO[C@@H]1COC(=O)C1. The summed E-state index contributed by atoms with van der Waals surface area (Å²) in [5, 5.41) is 0. The predicted octanol–water partition coefficient (Wildman–Crippen LogP) is 1.51. The van der Waals surface area contributed by atoms with Gasteiger partial charge in [-0.2, -0.15) is 0 Å². The molecule has 0 aromatic carbocycles. The van der Waals surface area contributed by atoms with Crippen molar-refractivity contribution in [2.75, 3.05) is 13.2 Å². The van der Waals surface area contributed by atoms with Gasteiger partial charge in [0.25, 0.3) is 0 Å². The summed E-state index contributed by atoms with van der Waals surface area (Å²) >= 11 is 0. The topological polar surface area (TPSA) is 35.5 Å². The summed E-state index contributed by atoms with van der Waals surface area (Å²) in [6, 6.07) is 0. The number of esters is 1. The number of hydrogen-bond acceptors (Lipinski definition) is 3. The first-order valence-corrected chi connectivity index (χ1v) is 4.60. The van der Waals surface area contributed by atoms with Crippen LogP contribution in [0.5, 0.6) is 0 Å². The van der Waals surface area contributed by atoms with Crippen LogP contribution < -0.4 is 0 Å². The highest BCUT2D eigenvalue weighted by Crippen LogP contribution is 2.10. The van der Waals surface area contributed by atoms with Crippen molar-refractivity contribution in [3.8, 4) is 0 Å². The van der Waals surface area contributed by atoms with E-state index in [1.54, 1.807) is 0 Å². The van der Waals surface area contributed by atoms with Crippen molar-refractivity contribution in [2.24, 2.45) is 0 Å². The number of unbranched alkanes of at least 4 members (excludes halogenated alkanes) is 2. The summed E-state index contributed by atoms with van der Waals surface area (Å²) in [7, 11) is 0. The molecule has 0 amide bonds. The minimum Gasteiger partial charge on any atom is -0.463 e. The van der Waals surface area contributed by atoms with Crippen molar-refractivity contribution in [1.29, 1.82) is 0 Å². The van der Waals surface area contributed by atoms with Crippen LogP contribution in [0.25, 0.3) is 0 Å². The summed E-state index contributed by atoms with van der Waals surface area (Å²) in [5.74, 6) is -0.129. The zero-order valence-corrected chi connectivity index (χ0v) is 7.54. The largest absolute Gasteiger partial charge is 0.463 e. The Balaban J connectivity index is 1.97. The first-order valence-electron chi connectivity index (χ1n) is 4.60. The van der Waals surface area contributed by atoms with Gasteiger partial charge in [0, 0.05) is 6.61 Å². The van der Waals surface area contributed by atoms with Crippen LogP contribution >= 0.6 is 0 Å². The van der Waals surface area contributed by atoms with Crippen LogP contribution in [0.2, 0.25) is 0 Å². The van der Waals surface area contributed by atoms with Gasteiger partial charge < -0.3 is 9.47 Å². The van der Waals surface area contributed by atoms with Gasteiger partial charge in [0.15, 0.2) is 0 Å². The molecule has 1 fully saturated rings. The third-order valence-corrected chi connectivity index (χ3v) is 1.93. The molecule has 0 saturated carbocycles. The number of ether oxygens (including phenoxy) is 2. The molecule has 0 aromatic heterocycles. The molecular weight excluding hydrogens is 156 g/mol. The Hall–Kier alpha value is -0.570. The molecule has 12 heavy (non-hydrogen) atoms. The highest BCUT2D eigenvalue weighted by molar-refractivity contribution is 5.71. The van der Waals surface area contributed by atoms with Gasteiger partial charge in [-0.05, 0) is 6.42 Å². The van der Waals surface area contributed by atoms with E-state index in [1.165, 1.54) is 12.8 Å². The Morgan fingerprint density at radius 3 is 3.00 bits per heavy atom. The zero-order chi connectivity index (χ0) is 8.81. The second-order valence-electron chi connectivity index (χ2n) is 3.09. The Kier molecular flexibility index (Phi) is 4.08. The first-order chi connectivity index (χ1) is 5.83. The van der Waals surface area contributed by atoms with Crippen LogP contribution in [-0.4, -0.2) is 25.3 Å². The summed E-state index contributed by atoms with van der Waals surface area (Å²) < 4.78 is 10.2. The van der Waals surface area contributed by atoms with Crippen molar-refractivity contribution >= 4 is 5.97 Å². The molecule has 1 aliphatic rings. The Bertz CT molecular complexity index is 145. The van der Waals surface area contributed by atoms with E-state index in [0.29, 0.717) is 13.0 Å². The maximum absolute atomic E-state index is 10.6. The fourth-order valence-electron chi connectivity index (χ4n) is 1.20. The van der Waals surface area contributed by atoms with E-state index in [1.807, 2.05) is 0 Å². The molecule has 1 aliphatic heterocycles. The van der Waals surface area contributed by atoms with Gasteiger partial charge >= 0.3 is 5.97 Å². The molecule has 0 aliphatic carbocycles. The second-order valence-corrected chi connectivity index (χ2v) is 3.09. The maximum Gasteiger partial charge on any atom is 0.308 e. The summed E-state index contributed by atoms with van der Waals surface area (Å²) in [5.41, 5.74) is 0. The molecule has 0 aromatic rings. The van der Waals surface area contributed by atoms with Crippen molar-refractivity contribution in [3.63, 3.8) is 0 Å². The minimum absolute atomic E-state index is 0.0226. The molecule has 0 spiro atoms. The molecule has 70 valence electrons. The summed E-state index contributed by atoms with van der Waals surface area (Å²) in [6.45, 7) is 3.36. The van der Waals surface area contributed by atoms with E-state index >= 15 is 0 Å². The minimum atomic E-state index is -0.129. The number of hydrogen-bond donors (Lipinski definition) is 0. The van der Waals surface area contributed by atoms with Gasteiger partial charge in [-0.15, -0.1) is 0 Å². The van der Waals surface area contributed by atoms with Gasteiger partial charge in [0.05, 0.1) is 6.42 Å². The lowest BCUT2D eigenvalue weighted by atomic mass is 10.2. The number of cyclic esters (lactones) is 1. The molecule has 1 saturated heterocycles. The van der Waals surface area contributed by atoms with E-state index in [-0.39, 0.29) is 12.1 Å². The van der Waals surface area contributed by atoms with Crippen molar-refractivity contribution in [1.82, 2.24) is 0 Å².